The Morgan fingerprint density at radius 1 is 0.976 bits per heavy atom. The van der Waals surface area contributed by atoms with E-state index in [0.717, 1.165) is 6.26 Å². The molecule has 41 heavy (non-hydrogen) atoms. The zero-order valence-electron chi connectivity index (χ0n) is 21.6. The van der Waals surface area contributed by atoms with Crippen molar-refractivity contribution in [1.82, 2.24) is 24.3 Å². The van der Waals surface area contributed by atoms with Gasteiger partial charge in [-0.05, 0) is 42.5 Å². The van der Waals surface area contributed by atoms with Gasteiger partial charge in [0.15, 0.2) is 12.3 Å². The summed E-state index contributed by atoms with van der Waals surface area (Å²) in [5, 5.41) is 5.05. The van der Waals surface area contributed by atoms with E-state index >= 15 is 0 Å². The summed E-state index contributed by atoms with van der Waals surface area (Å²) in [7, 11) is -2.10. The molecule has 3 aromatic heterocycles. The number of halogens is 3. The predicted octanol–water partition coefficient (Wildman–Crippen LogP) is 3.72. The van der Waals surface area contributed by atoms with Crippen LogP contribution in [0.2, 0.25) is 0 Å². The van der Waals surface area contributed by atoms with Crippen molar-refractivity contribution < 1.29 is 35.2 Å². The van der Waals surface area contributed by atoms with E-state index in [0.29, 0.717) is 27.9 Å². The van der Waals surface area contributed by atoms with Crippen molar-refractivity contribution in [1.29, 1.82) is 0 Å². The van der Waals surface area contributed by atoms with Crippen molar-refractivity contribution in [2.75, 3.05) is 26.6 Å². The number of hydrogen-bond donors (Lipinski definition) is 0. The third-order valence-corrected chi connectivity index (χ3v) is 6.43. The monoisotopic (exact) mass is 589 g/mol. The third kappa shape index (κ3) is 6.47. The largest absolute Gasteiger partial charge is 0.497 e. The van der Waals surface area contributed by atoms with Gasteiger partial charge in [-0.15, -0.1) is 0 Å². The lowest BCUT2D eigenvalue weighted by atomic mass is 10.1. The lowest BCUT2D eigenvalue weighted by molar-refractivity contribution is -0.154. The Kier molecular flexibility index (Phi) is 7.40. The maximum absolute atomic E-state index is 13.9. The maximum Gasteiger partial charge on any atom is 0.422 e. The number of ether oxygens (including phenoxy) is 2. The average Bonchev–Trinajstić information content (AvgIpc) is 3.32. The lowest BCUT2D eigenvalue weighted by Gasteiger charge is -2.14. The molecule has 0 spiro atoms. The molecule has 0 aliphatic carbocycles. The van der Waals surface area contributed by atoms with Crippen LogP contribution < -0.4 is 15.0 Å². The molecule has 0 fully saturated rings. The number of aromatic nitrogens is 5. The van der Waals surface area contributed by atoms with E-state index in [1.807, 2.05) is 0 Å². The number of benzene rings is 2. The summed E-state index contributed by atoms with van der Waals surface area (Å²) in [5.74, 6) is 0.215. The third-order valence-electron chi connectivity index (χ3n) is 5.84. The second-order valence-electron chi connectivity index (χ2n) is 8.89. The molecule has 0 atom stereocenters. The first-order valence-corrected chi connectivity index (χ1v) is 13.8. The molecular weight excluding hydrogens is 567 g/mol. The van der Waals surface area contributed by atoms with E-state index in [-0.39, 0.29) is 35.9 Å². The van der Waals surface area contributed by atoms with Crippen LogP contribution in [0.1, 0.15) is 0 Å². The van der Waals surface area contributed by atoms with E-state index in [1.165, 1.54) is 28.5 Å². The van der Waals surface area contributed by atoms with Gasteiger partial charge in [0.25, 0.3) is 15.7 Å². The molecule has 5 rings (SSSR count). The van der Waals surface area contributed by atoms with Crippen molar-refractivity contribution in [2.45, 2.75) is 12.7 Å². The van der Waals surface area contributed by atoms with Crippen LogP contribution in [0, 0.1) is 0 Å². The summed E-state index contributed by atoms with van der Waals surface area (Å²) in [6.45, 7) is -1.46. The highest BCUT2D eigenvalue weighted by molar-refractivity contribution is 7.85. The molecule has 0 unspecified atom stereocenters. The first-order valence-electron chi connectivity index (χ1n) is 12.0. The van der Waals surface area contributed by atoms with Crippen LogP contribution in [0.4, 0.5) is 13.2 Å². The minimum atomic E-state index is -4.57. The zero-order chi connectivity index (χ0) is 29.4. The van der Waals surface area contributed by atoms with Gasteiger partial charge in [0.1, 0.15) is 17.0 Å². The molecule has 0 amide bonds. The van der Waals surface area contributed by atoms with E-state index in [4.69, 9.17) is 13.7 Å². The molecule has 0 saturated carbocycles. The molecule has 0 radical (unpaired) electrons. The van der Waals surface area contributed by atoms with Crippen LogP contribution in [-0.4, -0.2) is 65.5 Å². The SMILES string of the molecule is COc1ccc(-n2c(=O)c(-c3ccc4nn(CCOS(C)(=O)=O)cc4c3)nc3ccc(OCC(F)(F)F)nc32)cc1. The number of rotatable bonds is 9. The molecule has 5 aromatic rings. The summed E-state index contributed by atoms with van der Waals surface area (Å²) in [4.78, 5) is 22.5. The van der Waals surface area contributed by atoms with Crippen molar-refractivity contribution >= 4 is 32.2 Å². The molecule has 11 nitrogen and oxygen atoms in total. The van der Waals surface area contributed by atoms with Crippen LogP contribution in [-0.2, 0) is 20.8 Å². The minimum absolute atomic E-state index is 0.00312. The van der Waals surface area contributed by atoms with Gasteiger partial charge < -0.3 is 9.47 Å². The second-order valence-corrected chi connectivity index (χ2v) is 10.5. The van der Waals surface area contributed by atoms with E-state index in [1.54, 1.807) is 48.7 Å². The van der Waals surface area contributed by atoms with Gasteiger partial charge in [-0.2, -0.15) is 31.7 Å². The van der Waals surface area contributed by atoms with Crippen LogP contribution in [0.15, 0.2) is 65.6 Å². The highest BCUT2D eigenvalue weighted by Gasteiger charge is 2.29. The fourth-order valence-corrected chi connectivity index (χ4v) is 4.44. The standard InChI is InChI=1S/C26H22F3N5O6S/c1-38-19-6-4-18(5-7-19)34-24-21(9-10-22(31-24)39-15-26(27,28)29)30-23(25(34)35)16-3-8-20-17(13-16)14-33(32-20)11-12-40-41(2,36)37/h3-10,13-14H,11-12,15H2,1-2H3. The Hall–Kier alpha value is -4.50. The quantitative estimate of drug-likeness (QED) is 0.236. The topological polar surface area (TPSA) is 127 Å². The highest BCUT2D eigenvalue weighted by Crippen LogP contribution is 2.26. The minimum Gasteiger partial charge on any atom is -0.497 e. The van der Waals surface area contributed by atoms with Crippen LogP contribution >= 0.6 is 0 Å². The van der Waals surface area contributed by atoms with Gasteiger partial charge in [0.05, 0.1) is 37.7 Å². The van der Waals surface area contributed by atoms with E-state index in [2.05, 4.69) is 15.1 Å². The summed E-state index contributed by atoms with van der Waals surface area (Å²) < 4.78 is 78.2. The Morgan fingerprint density at radius 3 is 2.39 bits per heavy atom. The predicted molar refractivity (Wildman–Crippen MR) is 143 cm³/mol. The van der Waals surface area contributed by atoms with Crippen molar-refractivity contribution in [3.05, 3.63) is 71.1 Å². The summed E-state index contributed by atoms with van der Waals surface area (Å²) >= 11 is 0. The van der Waals surface area contributed by atoms with E-state index in [9.17, 15) is 26.4 Å². The first kappa shape index (κ1) is 28.0. The van der Waals surface area contributed by atoms with Crippen LogP contribution in [0.3, 0.4) is 0 Å². The number of hydrogen-bond acceptors (Lipinski definition) is 9. The van der Waals surface area contributed by atoms with Gasteiger partial charge in [0.2, 0.25) is 5.88 Å². The number of fused-ring (bicyclic) bond motifs is 2. The van der Waals surface area contributed by atoms with Crippen molar-refractivity contribution in [3.8, 4) is 28.6 Å². The molecule has 0 bridgehead atoms. The Labute approximate surface area is 230 Å². The fourth-order valence-electron chi connectivity index (χ4n) is 4.06. The lowest BCUT2D eigenvalue weighted by Crippen LogP contribution is -2.23. The number of pyridine rings is 1. The summed E-state index contributed by atoms with van der Waals surface area (Å²) in [5.41, 5.74) is 1.16. The Morgan fingerprint density at radius 2 is 1.71 bits per heavy atom. The Bertz CT molecular complexity index is 1900. The van der Waals surface area contributed by atoms with Gasteiger partial charge in [-0.3, -0.25) is 18.2 Å². The number of methoxy groups -OCH3 is 1. The summed E-state index contributed by atoms with van der Waals surface area (Å²) in [6.07, 6.45) is -1.93. The number of alkyl halides is 3. The van der Waals surface area contributed by atoms with Gasteiger partial charge in [-0.1, -0.05) is 6.07 Å². The van der Waals surface area contributed by atoms with Gasteiger partial charge >= 0.3 is 6.18 Å². The molecule has 3 heterocycles. The first-order chi connectivity index (χ1) is 19.4. The molecule has 15 heteroatoms. The average molecular weight is 590 g/mol. The molecule has 0 N–H and O–H groups in total. The van der Waals surface area contributed by atoms with Crippen molar-refractivity contribution in [2.24, 2.45) is 0 Å². The molecule has 0 saturated heterocycles. The van der Waals surface area contributed by atoms with Crippen LogP contribution in [0.25, 0.3) is 39.0 Å². The maximum atomic E-state index is 13.9. The summed E-state index contributed by atoms with van der Waals surface area (Å²) in [6, 6.07) is 14.2. The normalized spacial score (nSPS) is 12.2. The second kappa shape index (κ2) is 10.8. The zero-order valence-corrected chi connectivity index (χ0v) is 22.4. The van der Waals surface area contributed by atoms with E-state index < -0.39 is 28.5 Å². The molecule has 2 aromatic carbocycles. The molecule has 0 aliphatic rings. The van der Waals surface area contributed by atoms with Gasteiger partial charge in [0, 0.05) is 23.2 Å². The Balaban J connectivity index is 1.60. The smallest absolute Gasteiger partial charge is 0.422 e. The van der Waals surface area contributed by atoms with Gasteiger partial charge in [-0.25, -0.2) is 4.98 Å². The van der Waals surface area contributed by atoms with Crippen LogP contribution in [0.5, 0.6) is 11.6 Å². The molecular formula is C26H22F3N5O6S. The van der Waals surface area contributed by atoms with Crippen molar-refractivity contribution in [3.63, 3.8) is 0 Å². The molecule has 0 aliphatic heterocycles. The highest BCUT2D eigenvalue weighted by atomic mass is 32.2. The molecule has 214 valence electrons. The fraction of sp³-hybridized carbons (Fsp3) is 0.231. The number of nitrogens with zero attached hydrogens (tertiary/aromatic N) is 5.